The van der Waals surface area contributed by atoms with Crippen LogP contribution in [0.25, 0.3) is 0 Å². The van der Waals surface area contributed by atoms with E-state index in [9.17, 15) is 63.6 Å². The van der Waals surface area contributed by atoms with Crippen molar-refractivity contribution in [2.24, 2.45) is 39.4 Å². The molecule has 24 N–H and O–H groups in total. The number of carboxylic acid groups (broad SMARTS) is 1. The Kier molecular flexibility index (Phi) is 31.5. The first kappa shape index (κ1) is 61.2. The second kappa shape index (κ2) is 34.5. The highest BCUT2D eigenvalue weighted by atomic mass is 16.4. The van der Waals surface area contributed by atoms with Crippen LogP contribution in [0.15, 0.2) is 4.99 Å². The summed E-state index contributed by atoms with van der Waals surface area (Å²) in [7, 11) is 0. The van der Waals surface area contributed by atoms with Gasteiger partial charge in [-0.1, -0.05) is 0 Å². The summed E-state index contributed by atoms with van der Waals surface area (Å²) in [5.41, 5.74) is 32.9. The van der Waals surface area contributed by atoms with Gasteiger partial charge in [0.2, 0.25) is 47.3 Å². The minimum absolute atomic E-state index is 0.0215. The van der Waals surface area contributed by atoms with Crippen molar-refractivity contribution in [3.8, 4) is 0 Å². The number of aliphatic hydroxyl groups is 3. The molecule has 67 heavy (non-hydrogen) atoms. The Morgan fingerprint density at radius 3 is 1.30 bits per heavy atom. The van der Waals surface area contributed by atoms with Crippen LogP contribution in [0.2, 0.25) is 0 Å². The van der Waals surface area contributed by atoms with Crippen molar-refractivity contribution in [3.63, 3.8) is 0 Å². The number of carbonyl (C=O) groups is 9. The first-order valence-electron chi connectivity index (χ1n) is 22.1. The summed E-state index contributed by atoms with van der Waals surface area (Å²) in [6, 6.07) is -11.4. The Morgan fingerprint density at radius 2 is 0.896 bits per heavy atom. The van der Waals surface area contributed by atoms with Gasteiger partial charge in [-0.2, -0.15) is 0 Å². The number of rotatable bonds is 36. The van der Waals surface area contributed by atoms with E-state index in [1.165, 1.54) is 6.92 Å². The van der Waals surface area contributed by atoms with E-state index < -0.39 is 127 Å². The highest BCUT2D eigenvalue weighted by Crippen LogP contribution is 2.08. The van der Waals surface area contributed by atoms with Crippen molar-refractivity contribution in [1.82, 2.24) is 42.5 Å². The minimum atomic E-state index is -1.83. The lowest BCUT2D eigenvalue weighted by atomic mass is 10.0. The zero-order chi connectivity index (χ0) is 51.1. The molecule has 0 aromatic carbocycles. The molecule has 0 fully saturated rings. The van der Waals surface area contributed by atoms with E-state index in [4.69, 9.17) is 34.4 Å². The molecule has 9 atom stereocenters. The lowest BCUT2D eigenvalue weighted by molar-refractivity contribution is -0.142. The minimum Gasteiger partial charge on any atom is -0.480 e. The molecule has 0 aromatic rings. The Morgan fingerprint density at radius 1 is 0.507 bits per heavy atom. The largest absolute Gasteiger partial charge is 0.480 e. The Hall–Kier alpha value is -5.78. The average Bonchev–Trinajstić information content (AvgIpc) is 3.27. The molecule has 0 saturated heterocycles. The van der Waals surface area contributed by atoms with Gasteiger partial charge in [0.15, 0.2) is 5.96 Å². The highest BCUT2D eigenvalue weighted by molar-refractivity contribution is 5.98. The first-order valence-corrected chi connectivity index (χ1v) is 22.1. The summed E-state index contributed by atoms with van der Waals surface area (Å²) in [4.78, 5) is 121. The van der Waals surface area contributed by atoms with E-state index in [2.05, 4.69) is 47.5 Å². The van der Waals surface area contributed by atoms with Gasteiger partial charge in [0.25, 0.3) is 0 Å². The van der Waals surface area contributed by atoms with E-state index in [1.807, 2.05) is 0 Å². The number of hydrogen-bond donors (Lipinski definition) is 18. The highest BCUT2D eigenvalue weighted by Gasteiger charge is 2.35. The molecular weight excluding hydrogens is 887 g/mol. The lowest BCUT2D eigenvalue weighted by Gasteiger charge is -2.28. The fourth-order valence-corrected chi connectivity index (χ4v) is 6.01. The van der Waals surface area contributed by atoms with Gasteiger partial charge in [-0.05, 0) is 104 Å². The van der Waals surface area contributed by atoms with Crippen LogP contribution < -0.4 is 76.9 Å². The van der Waals surface area contributed by atoms with Gasteiger partial charge in [0.05, 0.1) is 31.9 Å². The number of amides is 8. The molecule has 0 radical (unpaired) electrons. The van der Waals surface area contributed by atoms with Gasteiger partial charge in [0.1, 0.15) is 42.3 Å². The van der Waals surface area contributed by atoms with Crippen LogP contribution >= 0.6 is 0 Å². The third-order valence-corrected chi connectivity index (χ3v) is 9.85. The van der Waals surface area contributed by atoms with Gasteiger partial charge in [0, 0.05) is 6.54 Å². The maximum Gasteiger partial charge on any atom is 0.326 e. The standard InChI is InChI=1S/C39H75N15O13/c1-21(43)31(59)49-24(11-4-7-15-41)33(61)51-25(12-5-8-16-42)34(62)54-30(22(2)57)37(65)53-28(20-56)36(64)52-27(19-55)35(63)50-23(10-3-6-14-40)32(60)47-18-29(58)48-26(38(66)67)13-9-17-46-39(44)45/h21-28,30,55-57H,3-20,40-43H2,1-2H3,(H,47,60)(H,48,58)(H,49,59)(H,50,63)(H,51,61)(H,52,64)(H,53,65)(H,54,62)(H,66,67)(H4,44,45,46)/t21-,22+,23-,24-,25-,26-,27-,28-,30-/m0/s1. The number of hydrogen-bond acceptors (Lipinski definition) is 17. The molecule has 0 aromatic heterocycles. The molecule has 384 valence electrons. The van der Waals surface area contributed by atoms with Crippen LogP contribution in [0.3, 0.4) is 0 Å². The van der Waals surface area contributed by atoms with Crippen LogP contribution in [-0.4, -0.2) is 180 Å². The Balaban J connectivity index is 5.95. The number of guanidine groups is 1. The fourth-order valence-electron chi connectivity index (χ4n) is 6.01. The van der Waals surface area contributed by atoms with E-state index in [0.29, 0.717) is 45.1 Å². The second-order valence-electron chi connectivity index (χ2n) is 15.7. The molecule has 0 saturated carbocycles. The molecule has 8 amide bonds. The normalized spacial score (nSPS) is 15.0. The van der Waals surface area contributed by atoms with Crippen LogP contribution in [0.4, 0.5) is 0 Å². The Labute approximate surface area is 389 Å². The SMILES string of the molecule is C[C@H](N)C(=O)N[C@@H](CCCCN)C(=O)N[C@@H](CCCCN)C(=O)N[C@H](C(=O)N[C@@H](CO)C(=O)N[C@@H](CO)C(=O)N[C@@H](CCCCN)C(=O)NCC(=O)N[C@@H](CCCN=C(N)N)C(=O)O)[C@@H](C)O. The van der Waals surface area contributed by atoms with E-state index in [-0.39, 0.29) is 57.7 Å². The molecule has 0 aliphatic heterocycles. The molecule has 0 aliphatic carbocycles. The van der Waals surface area contributed by atoms with Crippen LogP contribution in [-0.2, 0) is 43.2 Å². The van der Waals surface area contributed by atoms with Crippen molar-refractivity contribution in [3.05, 3.63) is 0 Å². The topological polar surface area (TPSA) is 499 Å². The number of carbonyl (C=O) groups excluding carboxylic acids is 8. The number of nitrogens with one attached hydrogen (secondary N) is 8. The van der Waals surface area contributed by atoms with Crippen molar-refractivity contribution < 1.29 is 63.6 Å². The number of unbranched alkanes of at least 4 members (excludes halogenated alkanes) is 3. The maximum absolute atomic E-state index is 13.6. The third kappa shape index (κ3) is 25.6. The maximum atomic E-state index is 13.6. The summed E-state index contributed by atoms with van der Waals surface area (Å²) in [6.07, 6.45) is 1.21. The van der Waals surface area contributed by atoms with Gasteiger partial charge in [-0.15, -0.1) is 0 Å². The monoisotopic (exact) mass is 962 g/mol. The summed E-state index contributed by atoms with van der Waals surface area (Å²) in [5.74, 6) is -9.08. The summed E-state index contributed by atoms with van der Waals surface area (Å²) in [5, 5.41) is 58.8. The van der Waals surface area contributed by atoms with Crippen LogP contribution in [0.1, 0.15) is 84.5 Å². The number of aliphatic hydroxyl groups excluding tert-OH is 3. The predicted octanol–water partition coefficient (Wildman–Crippen LogP) is -8.27. The molecule has 0 heterocycles. The molecule has 28 heteroatoms. The lowest BCUT2D eigenvalue weighted by Crippen LogP contribution is -2.62. The molecule has 28 nitrogen and oxygen atoms in total. The van der Waals surface area contributed by atoms with Gasteiger partial charge in [-0.3, -0.25) is 43.3 Å². The third-order valence-electron chi connectivity index (χ3n) is 9.85. The summed E-state index contributed by atoms with van der Waals surface area (Å²) < 4.78 is 0. The number of aliphatic carboxylic acids is 1. The zero-order valence-electron chi connectivity index (χ0n) is 38.3. The molecule has 0 spiro atoms. The fraction of sp³-hybridized carbons (Fsp3) is 0.744. The first-order chi connectivity index (χ1) is 31.7. The van der Waals surface area contributed by atoms with Crippen molar-refractivity contribution in [2.75, 3.05) is 45.9 Å². The second-order valence-corrected chi connectivity index (χ2v) is 15.7. The summed E-state index contributed by atoms with van der Waals surface area (Å²) in [6.45, 7) is 0.655. The van der Waals surface area contributed by atoms with E-state index >= 15 is 0 Å². The van der Waals surface area contributed by atoms with Crippen molar-refractivity contribution >= 4 is 59.2 Å². The van der Waals surface area contributed by atoms with Gasteiger partial charge >= 0.3 is 5.97 Å². The van der Waals surface area contributed by atoms with Crippen LogP contribution in [0.5, 0.6) is 0 Å². The number of nitrogens with two attached hydrogens (primary N) is 6. The number of aliphatic imine (C=N–C) groups is 1. The Bertz CT molecular complexity index is 1620. The molecular formula is C39H75N15O13. The van der Waals surface area contributed by atoms with E-state index in [1.54, 1.807) is 0 Å². The zero-order valence-corrected chi connectivity index (χ0v) is 38.3. The van der Waals surface area contributed by atoms with Crippen LogP contribution in [0, 0.1) is 0 Å². The molecule has 0 aliphatic rings. The van der Waals surface area contributed by atoms with Gasteiger partial charge in [-0.25, -0.2) is 4.79 Å². The quantitative estimate of drug-likeness (QED) is 0.0157. The molecule has 0 bridgehead atoms. The van der Waals surface area contributed by atoms with Crippen molar-refractivity contribution in [2.45, 2.75) is 139 Å². The average molecular weight is 962 g/mol. The van der Waals surface area contributed by atoms with Gasteiger partial charge < -0.3 is 97.4 Å². The molecule has 0 rings (SSSR count). The van der Waals surface area contributed by atoms with E-state index in [0.717, 1.165) is 6.92 Å². The number of nitrogens with zero attached hydrogens (tertiary/aromatic N) is 1. The van der Waals surface area contributed by atoms with Crippen molar-refractivity contribution in [1.29, 1.82) is 0 Å². The summed E-state index contributed by atoms with van der Waals surface area (Å²) >= 11 is 0. The predicted molar refractivity (Wildman–Crippen MR) is 242 cm³/mol. The number of carboxylic acids is 1. The smallest absolute Gasteiger partial charge is 0.326 e. The molecule has 0 unspecified atom stereocenters.